The lowest BCUT2D eigenvalue weighted by molar-refractivity contribution is -0.221. The molecule has 9 heteroatoms. The van der Waals surface area contributed by atoms with Crippen molar-refractivity contribution in [3.8, 4) is 0 Å². The van der Waals surface area contributed by atoms with Crippen LogP contribution in [0.4, 0.5) is 0 Å². The first-order valence-electron chi connectivity index (χ1n) is 7.43. The van der Waals surface area contributed by atoms with Crippen molar-refractivity contribution in [3.63, 3.8) is 0 Å². The lowest BCUT2D eigenvalue weighted by atomic mass is 10.1. The zero-order valence-corrected chi connectivity index (χ0v) is 13.8. The van der Waals surface area contributed by atoms with Crippen molar-refractivity contribution in [2.45, 2.75) is 49.2 Å². The molecule has 136 valence electrons. The molecule has 9 nitrogen and oxygen atoms in total. The van der Waals surface area contributed by atoms with Gasteiger partial charge in [0.1, 0.15) is 36.6 Å². The predicted molar refractivity (Wildman–Crippen MR) is 75.8 cm³/mol. The average molecular weight is 338 g/mol. The Morgan fingerprint density at radius 1 is 0.826 bits per heavy atom. The highest BCUT2D eigenvalue weighted by Gasteiger charge is 2.51. The molecule has 2 aliphatic rings. The van der Waals surface area contributed by atoms with Crippen LogP contribution in [0.2, 0.25) is 0 Å². The molecule has 2 heterocycles. The second kappa shape index (κ2) is 8.65. The number of ether oxygens (including phenoxy) is 7. The summed E-state index contributed by atoms with van der Waals surface area (Å²) in [6.45, 7) is 0.000312. The van der Waals surface area contributed by atoms with Gasteiger partial charge >= 0.3 is 0 Å². The topological polar surface area (TPSA) is 105 Å². The van der Waals surface area contributed by atoms with Gasteiger partial charge in [0.05, 0.1) is 13.2 Å². The number of aliphatic hydroxyl groups is 2. The van der Waals surface area contributed by atoms with Crippen LogP contribution in [0.3, 0.4) is 0 Å². The number of hydrogen-bond acceptors (Lipinski definition) is 9. The van der Waals surface area contributed by atoms with E-state index < -0.39 is 37.0 Å². The van der Waals surface area contributed by atoms with E-state index in [1.54, 1.807) is 14.2 Å². The van der Waals surface area contributed by atoms with Crippen LogP contribution >= 0.6 is 0 Å². The third-order valence-corrected chi connectivity index (χ3v) is 4.17. The van der Waals surface area contributed by atoms with Gasteiger partial charge in [-0.05, 0) is 0 Å². The fraction of sp³-hybridized carbons (Fsp3) is 1.00. The van der Waals surface area contributed by atoms with E-state index in [0.717, 1.165) is 0 Å². The Bertz CT molecular complexity index is 355. The molecular weight excluding hydrogens is 312 g/mol. The highest BCUT2D eigenvalue weighted by atomic mass is 16.8. The zero-order chi connectivity index (χ0) is 17.0. The quantitative estimate of drug-likeness (QED) is 0.547. The largest absolute Gasteiger partial charge is 0.394 e. The summed E-state index contributed by atoms with van der Waals surface area (Å²) in [6, 6.07) is 0. The molecule has 0 bridgehead atoms. The third kappa shape index (κ3) is 3.84. The molecule has 0 radical (unpaired) electrons. The highest BCUT2D eigenvalue weighted by Crippen LogP contribution is 2.32. The van der Waals surface area contributed by atoms with Crippen molar-refractivity contribution < 1.29 is 43.4 Å². The Kier molecular flexibility index (Phi) is 7.14. The van der Waals surface area contributed by atoms with E-state index in [-0.39, 0.29) is 18.8 Å². The van der Waals surface area contributed by atoms with E-state index in [2.05, 4.69) is 0 Å². The maximum atomic E-state index is 9.84. The van der Waals surface area contributed by atoms with Gasteiger partial charge in [-0.25, -0.2) is 0 Å². The van der Waals surface area contributed by atoms with Gasteiger partial charge in [0.25, 0.3) is 0 Å². The Morgan fingerprint density at radius 3 is 2.00 bits per heavy atom. The fourth-order valence-corrected chi connectivity index (χ4v) is 3.06. The van der Waals surface area contributed by atoms with Gasteiger partial charge in [-0.15, -0.1) is 0 Å². The lowest BCUT2D eigenvalue weighted by Gasteiger charge is -2.27. The minimum Gasteiger partial charge on any atom is -0.394 e. The van der Waals surface area contributed by atoms with E-state index in [9.17, 15) is 10.2 Å². The summed E-state index contributed by atoms with van der Waals surface area (Å²) in [7, 11) is 6.09. The Hall–Kier alpha value is -0.360. The van der Waals surface area contributed by atoms with E-state index in [1.807, 2.05) is 0 Å². The lowest BCUT2D eigenvalue weighted by Crippen LogP contribution is -2.44. The maximum Gasteiger partial charge on any atom is 0.187 e. The molecule has 2 fully saturated rings. The number of hydrogen-bond donors (Lipinski definition) is 2. The first-order valence-corrected chi connectivity index (χ1v) is 7.43. The van der Waals surface area contributed by atoms with Crippen LogP contribution in [-0.2, 0) is 33.2 Å². The average Bonchev–Trinajstić information content (AvgIpc) is 3.04. The van der Waals surface area contributed by atoms with Crippen LogP contribution in [0.25, 0.3) is 0 Å². The molecule has 8 atom stereocenters. The summed E-state index contributed by atoms with van der Waals surface area (Å²) in [5, 5.41) is 19.2. The van der Waals surface area contributed by atoms with Crippen LogP contribution < -0.4 is 0 Å². The van der Waals surface area contributed by atoms with Crippen LogP contribution in [-0.4, -0.2) is 101 Å². The Morgan fingerprint density at radius 2 is 1.48 bits per heavy atom. The third-order valence-electron chi connectivity index (χ3n) is 4.17. The van der Waals surface area contributed by atoms with Crippen molar-refractivity contribution in [2.24, 2.45) is 0 Å². The van der Waals surface area contributed by atoms with Gasteiger partial charge < -0.3 is 43.4 Å². The van der Waals surface area contributed by atoms with E-state index in [4.69, 9.17) is 33.2 Å². The molecule has 2 saturated heterocycles. The summed E-state index contributed by atoms with van der Waals surface area (Å²) in [6.07, 6.45) is -5.34. The van der Waals surface area contributed by atoms with Crippen LogP contribution in [0.5, 0.6) is 0 Å². The molecule has 2 N–H and O–H groups in total. The zero-order valence-electron chi connectivity index (χ0n) is 13.8. The fourth-order valence-electron chi connectivity index (χ4n) is 3.06. The molecule has 0 spiro atoms. The summed E-state index contributed by atoms with van der Waals surface area (Å²) in [5.41, 5.74) is 0. The van der Waals surface area contributed by atoms with Gasteiger partial charge in [-0.2, -0.15) is 0 Å². The Labute approximate surface area is 135 Å². The summed E-state index contributed by atoms with van der Waals surface area (Å²) in [5.74, 6) is 0. The van der Waals surface area contributed by atoms with Gasteiger partial charge in [0.2, 0.25) is 0 Å². The van der Waals surface area contributed by atoms with Gasteiger partial charge in [-0.1, -0.05) is 0 Å². The number of aliphatic hydroxyl groups excluding tert-OH is 2. The molecular formula is C14H26O9. The summed E-state index contributed by atoms with van der Waals surface area (Å²) in [4.78, 5) is 0. The molecule has 23 heavy (non-hydrogen) atoms. The van der Waals surface area contributed by atoms with E-state index >= 15 is 0 Å². The Balaban J connectivity index is 2.10. The normalized spacial score (nSPS) is 44.1. The minimum absolute atomic E-state index is 0.318. The van der Waals surface area contributed by atoms with E-state index in [1.165, 1.54) is 14.2 Å². The molecule has 0 unspecified atom stereocenters. The van der Waals surface area contributed by atoms with Gasteiger partial charge in [-0.3, -0.25) is 0 Å². The number of rotatable bonds is 8. The SMILES string of the molecule is COC[C@H]1O[C@H](O[C@H]2[C@@H](OC)[C@H](O)O[C@@H]2CO)[C@@H](OC)[C@@H]1OC. The smallest absolute Gasteiger partial charge is 0.187 e. The van der Waals surface area contributed by atoms with Crippen molar-refractivity contribution in [3.05, 3.63) is 0 Å². The standard InChI is InChI=1S/C14H26O9/c1-17-6-8-9(18-2)12(20-4)14(22-8)23-10-7(5-15)21-13(16)11(10)19-3/h7-16H,5-6H2,1-4H3/t7-,8-,9-,10-,11-,12+,13-,14-/m1/s1. The summed E-state index contributed by atoms with van der Waals surface area (Å²) >= 11 is 0. The van der Waals surface area contributed by atoms with Crippen molar-refractivity contribution in [2.75, 3.05) is 41.7 Å². The van der Waals surface area contributed by atoms with Gasteiger partial charge in [0, 0.05) is 28.4 Å². The van der Waals surface area contributed by atoms with Crippen LogP contribution in [0.15, 0.2) is 0 Å². The molecule has 0 aliphatic carbocycles. The molecule has 0 aromatic rings. The molecule has 0 saturated carbocycles. The van der Waals surface area contributed by atoms with Crippen molar-refractivity contribution in [1.29, 1.82) is 0 Å². The maximum absolute atomic E-state index is 9.84. The second-order valence-corrected chi connectivity index (χ2v) is 5.45. The first-order chi connectivity index (χ1) is 11.1. The predicted octanol–water partition coefficient (Wildman–Crippen LogP) is -1.50. The first kappa shape index (κ1) is 19.0. The molecule has 2 rings (SSSR count). The van der Waals surface area contributed by atoms with Crippen LogP contribution in [0, 0.1) is 0 Å². The van der Waals surface area contributed by atoms with Gasteiger partial charge in [0.15, 0.2) is 12.6 Å². The molecule has 0 aromatic carbocycles. The molecule has 0 aromatic heterocycles. The summed E-state index contributed by atoms with van der Waals surface area (Å²) < 4.78 is 38.2. The van der Waals surface area contributed by atoms with Crippen molar-refractivity contribution in [1.82, 2.24) is 0 Å². The molecule has 0 amide bonds. The second-order valence-electron chi connectivity index (χ2n) is 5.45. The highest BCUT2D eigenvalue weighted by molar-refractivity contribution is 4.93. The minimum atomic E-state index is -1.18. The van der Waals surface area contributed by atoms with E-state index in [0.29, 0.717) is 6.61 Å². The molecule has 2 aliphatic heterocycles. The van der Waals surface area contributed by atoms with Crippen molar-refractivity contribution >= 4 is 0 Å². The number of methoxy groups -OCH3 is 4. The van der Waals surface area contributed by atoms with Crippen LogP contribution in [0.1, 0.15) is 0 Å². The monoisotopic (exact) mass is 338 g/mol.